The van der Waals surface area contributed by atoms with E-state index in [9.17, 15) is 0 Å². The summed E-state index contributed by atoms with van der Waals surface area (Å²) in [6.07, 6.45) is 0. The first-order chi connectivity index (χ1) is 58.0. The van der Waals surface area contributed by atoms with Crippen molar-refractivity contribution in [3.63, 3.8) is 0 Å². The minimum absolute atomic E-state index is 1.23. The minimum Gasteiger partial charge on any atom is -0.135 e. The van der Waals surface area contributed by atoms with Crippen LogP contribution in [0.25, 0.3) is 235 Å². The first kappa shape index (κ1) is 68.4. The van der Waals surface area contributed by atoms with Crippen molar-refractivity contribution < 1.29 is 0 Å². The van der Waals surface area contributed by atoms with Crippen molar-refractivity contribution in [3.05, 3.63) is 425 Å². The van der Waals surface area contributed by atoms with E-state index >= 15 is 0 Å². The smallest absolute Gasteiger partial charge is 0.0361 e. The SMILES string of the molecule is c1ccc(-c2c3ccccc3c(-c3ccc4sc5cc6ccccc6cc5c4c3)c3ccccc23)cc1.c1ccc(-c2c3ccccc3c(-c3ccc4sc5ccc6ccccc6c5c4c3)c3ccccc23)cc1.c1ccc(-c2ccccc2-c2c3ccccc3c(-c3ccc4sc5cc6ccccc6cc5c4c3)c3ccccc23)cc1. The van der Waals surface area contributed by atoms with Crippen LogP contribution in [0.4, 0.5) is 0 Å². The van der Waals surface area contributed by atoms with Crippen LogP contribution in [0.1, 0.15) is 0 Å². The molecule has 25 rings (SSSR count). The number of hydrogen-bond donors (Lipinski definition) is 0. The molecule has 3 aromatic heterocycles. The van der Waals surface area contributed by atoms with Gasteiger partial charge in [0, 0.05) is 60.5 Å². The quantitative estimate of drug-likeness (QED) is 0.140. The molecule has 544 valence electrons. The molecule has 117 heavy (non-hydrogen) atoms. The Morgan fingerprint density at radius 1 is 0.120 bits per heavy atom. The molecule has 0 saturated carbocycles. The van der Waals surface area contributed by atoms with Gasteiger partial charge in [0.15, 0.2) is 0 Å². The normalized spacial score (nSPS) is 11.8. The van der Waals surface area contributed by atoms with Crippen LogP contribution in [0.2, 0.25) is 0 Å². The molecule has 0 aliphatic rings. The molecule has 0 saturated heterocycles. The molecule has 0 fully saturated rings. The maximum Gasteiger partial charge on any atom is 0.0361 e. The summed E-state index contributed by atoms with van der Waals surface area (Å²) in [7, 11) is 0. The molecule has 0 amide bonds. The van der Waals surface area contributed by atoms with Gasteiger partial charge >= 0.3 is 0 Å². The fourth-order valence-electron chi connectivity index (χ4n) is 18.9. The van der Waals surface area contributed by atoms with Crippen LogP contribution in [0.3, 0.4) is 0 Å². The summed E-state index contributed by atoms with van der Waals surface area (Å²) in [5.74, 6) is 0. The van der Waals surface area contributed by atoms with Gasteiger partial charge in [0.05, 0.1) is 0 Å². The van der Waals surface area contributed by atoms with Crippen LogP contribution >= 0.6 is 34.0 Å². The van der Waals surface area contributed by atoms with Crippen LogP contribution in [0, 0.1) is 0 Å². The standard InChI is InChI=1S/C42H26S.2C36H22S/c1-2-12-27(13-3-1)31-16-6-7-17-32(31)42-35-20-10-8-18-33(35)41(34-19-9-11-21-36(34)42)30-22-23-39-37(25-30)38-24-28-14-4-5-15-29(28)26-40(38)43-39;1-2-11-24(12-3-1)34-27-14-6-8-16-29(27)35(30-17-9-7-15-28(30)34)25-19-20-32-31(22-25)36-26-13-5-4-10-23(26)18-21-33(36)37-32;1-2-10-23(11-3-1)35-27-14-6-8-16-29(27)36(30-17-9-7-15-28(30)35)26-18-19-33-31(21-26)32-20-24-12-4-5-13-25(24)22-34(32)37-33/h1-26H;2*1-22H. The molecular formula is C114H70S3. The fourth-order valence-corrected chi connectivity index (χ4v) is 22.3. The zero-order chi connectivity index (χ0) is 77.0. The zero-order valence-corrected chi connectivity index (χ0v) is 66.1. The Balaban J connectivity index is 0.000000104. The first-order valence-corrected chi connectivity index (χ1v) is 42.6. The Hall–Kier alpha value is -14.2. The van der Waals surface area contributed by atoms with Gasteiger partial charge in [0.25, 0.3) is 0 Å². The van der Waals surface area contributed by atoms with Gasteiger partial charge in [-0.05, 0) is 242 Å². The van der Waals surface area contributed by atoms with Crippen molar-refractivity contribution >= 4 is 191 Å². The molecule has 0 radical (unpaired) electrons. The van der Waals surface area contributed by atoms with Crippen LogP contribution < -0.4 is 0 Å². The van der Waals surface area contributed by atoms with Gasteiger partial charge in [0.1, 0.15) is 0 Å². The molecule has 0 spiro atoms. The summed E-state index contributed by atoms with van der Waals surface area (Å²) in [6, 6.07) is 156. The lowest BCUT2D eigenvalue weighted by molar-refractivity contribution is 1.61. The van der Waals surface area contributed by atoms with Gasteiger partial charge in [-0.15, -0.1) is 34.0 Å². The van der Waals surface area contributed by atoms with Crippen molar-refractivity contribution in [2.45, 2.75) is 0 Å². The average molecular weight is 1540 g/mol. The fraction of sp³-hybridized carbons (Fsp3) is 0. The van der Waals surface area contributed by atoms with E-state index in [1.54, 1.807) is 0 Å². The number of fused-ring (bicyclic) bond motifs is 19. The molecule has 0 aliphatic carbocycles. The summed E-state index contributed by atoms with van der Waals surface area (Å²) >= 11 is 5.66. The second kappa shape index (κ2) is 28.4. The van der Waals surface area contributed by atoms with E-state index in [0.29, 0.717) is 0 Å². The predicted octanol–water partition coefficient (Wildman–Crippen LogP) is 34.2. The predicted molar refractivity (Wildman–Crippen MR) is 514 cm³/mol. The number of hydrogen-bond acceptors (Lipinski definition) is 3. The monoisotopic (exact) mass is 1530 g/mol. The van der Waals surface area contributed by atoms with Crippen LogP contribution in [-0.2, 0) is 0 Å². The maximum atomic E-state index is 2.43. The third-order valence-electron chi connectivity index (χ3n) is 24.1. The highest BCUT2D eigenvalue weighted by Crippen LogP contribution is 2.52. The maximum absolute atomic E-state index is 2.43. The molecule has 3 heterocycles. The molecule has 0 unspecified atom stereocenters. The van der Waals surface area contributed by atoms with E-state index in [4.69, 9.17) is 0 Å². The highest BCUT2D eigenvalue weighted by atomic mass is 32.1. The second-order valence-corrected chi connectivity index (χ2v) is 33.9. The van der Waals surface area contributed by atoms with E-state index in [2.05, 4.69) is 425 Å². The average Bonchev–Trinajstić information content (AvgIpc) is 1.58. The van der Waals surface area contributed by atoms with Gasteiger partial charge in [-0.25, -0.2) is 0 Å². The molecule has 22 aromatic carbocycles. The summed E-state index contributed by atoms with van der Waals surface area (Å²) < 4.78 is 8.04. The van der Waals surface area contributed by atoms with Gasteiger partial charge in [-0.1, -0.05) is 358 Å². The second-order valence-electron chi connectivity index (χ2n) is 30.7. The third kappa shape index (κ3) is 11.6. The molecule has 3 heteroatoms. The zero-order valence-electron chi connectivity index (χ0n) is 63.6. The van der Waals surface area contributed by atoms with Crippen molar-refractivity contribution in [2.75, 3.05) is 0 Å². The molecule has 0 nitrogen and oxygen atoms in total. The van der Waals surface area contributed by atoms with Gasteiger partial charge in [-0.3, -0.25) is 0 Å². The molecule has 0 bridgehead atoms. The highest BCUT2D eigenvalue weighted by Gasteiger charge is 2.24. The van der Waals surface area contributed by atoms with E-state index in [1.165, 1.54) is 235 Å². The van der Waals surface area contributed by atoms with Crippen LogP contribution in [0.15, 0.2) is 425 Å². The summed E-state index contributed by atoms with van der Waals surface area (Å²) in [6.45, 7) is 0. The number of thiophene rings is 3. The van der Waals surface area contributed by atoms with Crippen LogP contribution in [0.5, 0.6) is 0 Å². The van der Waals surface area contributed by atoms with Gasteiger partial charge in [0.2, 0.25) is 0 Å². The molecule has 0 atom stereocenters. The number of benzene rings is 22. The third-order valence-corrected chi connectivity index (χ3v) is 27.5. The van der Waals surface area contributed by atoms with E-state index in [1.807, 2.05) is 34.0 Å². The largest absolute Gasteiger partial charge is 0.135 e. The van der Waals surface area contributed by atoms with Crippen molar-refractivity contribution in [1.82, 2.24) is 0 Å². The highest BCUT2D eigenvalue weighted by molar-refractivity contribution is 7.26. The Morgan fingerprint density at radius 3 is 0.761 bits per heavy atom. The van der Waals surface area contributed by atoms with E-state index < -0.39 is 0 Å². The van der Waals surface area contributed by atoms with E-state index in [-0.39, 0.29) is 0 Å². The van der Waals surface area contributed by atoms with Crippen molar-refractivity contribution in [1.29, 1.82) is 0 Å². The molecule has 0 N–H and O–H groups in total. The van der Waals surface area contributed by atoms with Gasteiger partial charge in [-0.2, -0.15) is 0 Å². The summed E-state index contributed by atoms with van der Waals surface area (Å²) in [5, 5.41) is 31.3. The minimum atomic E-state index is 1.23. The Bertz CT molecular complexity index is 8130. The summed E-state index contributed by atoms with van der Waals surface area (Å²) in [4.78, 5) is 0. The molecular weight excluding hydrogens is 1470 g/mol. The number of rotatable bonds is 7. The van der Waals surface area contributed by atoms with Crippen molar-refractivity contribution in [3.8, 4) is 77.9 Å². The molecule has 25 aromatic rings. The van der Waals surface area contributed by atoms with E-state index in [0.717, 1.165) is 0 Å². The Labute approximate surface area is 688 Å². The Kier molecular flexibility index (Phi) is 16.6. The lowest BCUT2D eigenvalue weighted by atomic mass is 9.83. The van der Waals surface area contributed by atoms with Crippen molar-refractivity contribution in [2.24, 2.45) is 0 Å². The first-order valence-electron chi connectivity index (χ1n) is 40.2. The lowest BCUT2D eigenvalue weighted by Gasteiger charge is -2.19. The Morgan fingerprint density at radius 2 is 0.376 bits per heavy atom. The van der Waals surface area contributed by atoms with Gasteiger partial charge < -0.3 is 0 Å². The van der Waals surface area contributed by atoms with Crippen LogP contribution in [-0.4, -0.2) is 0 Å². The lowest BCUT2D eigenvalue weighted by Crippen LogP contribution is -1.92. The topological polar surface area (TPSA) is 0 Å². The molecule has 0 aliphatic heterocycles. The summed E-state index contributed by atoms with van der Waals surface area (Å²) in [5.41, 5.74) is 17.9.